The molecule has 1 aliphatic heterocycles. The van der Waals surface area contributed by atoms with Crippen molar-refractivity contribution in [1.82, 2.24) is 15.5 Å². The number of carbonyl (C=O) groups excluding carboxylic acids is 5. The molecule has 2 N–H and O–H groups in total. The van der Waals surface area contributed by atoms with Crippen LogP contribution in [-0.2, 0) is 22.7 Å². The summed E-state index contributed by atoms with van der Waals surface area (Å²) in [5.74, 6) is -0.875. The number of ether oxygens (including phenoxy) is 2. The lowest BCUT2D eigenvalue weighted by atomic mass is 10.1. The smallest absolute Gasteiger partial charge is 0.331 e. The Morgan fingerprint density at radius 1 is 0.892 bits per heavy atom. The van der Waals surface area contributed by atoms with Gasteiger partial charge in [-0.25, -0.2) is 4.79 Å². The standard InChI is InChI=1S/C27H23N3O7/c1-16(31)19-6-10-21(11-7-19)37-20-8-3-17(4-9-20)14-28-24(32)22-13-18(5-12-23(22)36-2)15-30-26(34)25(33)29-27(30)35/h3-13H,14-15H2,1-2H3,(H,28,32)(H,29,33,35). The summed E-state index contributed by atoms with van der Waals surface area (Å²) < 4.78 is 11.1. The lowest BCUT2D eigenvalue weighted by Crippen LogP contribution is -2.30. The average Bonchev–Trinajstić information content (AvgIpc) is 3.14. The molecule has 5 amide bonds. The Kier molecular flexibility index (Phi) is 7.28. The highest BCUT2D eigenvalue weighted by atomic mass is 16.5. The van der Waals surface area contributed by atoms with E-state index >= 15 is 0 Å². The van der Waals surface area contributed by atoms with E-state index in [4.69, 9.17) is 9.47 Å². The van der Waals surface area contributed by atoms with Gasteiger partial charge in [-0.15, -0.1) is 0 Å². The Labute approximate surface area is 212 Å². The van der Waals surface area contributed by atoms with E-state index < -0.39 is 23.8 Å². The predicted molar refractivity (Wildman–Crippen MR) is 131 cm³/mol. The van der Waals surface area contributed by atoms with Gasteiger partial charge in [-0.1, -0.05) is 18.2 Å². The maximum absolute atomic E-state index is 12.9. The van der Waals surface area contributed by atoms with E-state index in [1.54, 1.807) is 48.5 Å². The second-order valence-corrected chi connectivity index (χ2v) is 8.19. The largest absolute Gasteiger partial charge is 0.496 e. The van der Waals surface area contributed by atoms with Crippen LogP contribution >= 0.6 is 0 Å². The number of hydrogen-bond acceptors (Lipinski definition) is 7. The minimum absolute atomic E-state index is 0.0205. The van der Waals surface area contributed by atoms with Crippen molar-refractivity contribution in [3.8, 4) is 17.2 Å². The molecule has 10 heteroatoms. The van der Waals surface area contributed by atoms with Gasteiger partial charge in [0, 0.05) is 12.1 Å². The van der Waals surface area contributed by atoms with Crippen LogP contribution in [-0.4, -0.2) is 41.5 Å². The van der Waals surface area contributed by atoms with E-state index in [0.717, 1.165) is 10.5 Å². The maximum Gasteiger partial charge on any atom is 0.331 e. The summed E-state index contributed by atoms with van der Waals surface area (Å²) in [6.45, 7) is 1.56. The molecule has 0 radical (unpaired) electrons. The van der Waals surface area contributed by atoms with E-state index in [1.165, 1.54) is 20.1 Å². The van der Waals surface area contributed by atoms with Crippen LogP contribution in [0.25, 0.3) is 0 Å². The van der Waals surface area contributed by atoms with Gasteiger partial charge in [-0.05, 0) is 66.6 Å². The highest BCUT2D eigenvalue weighted by molar-refractivity contribution is 6.44. The number of amides is 5. The minimum atomic E-state index is -0.987. The molecule has 1 aliphatic rings. The van der Waals surface area contributed by atoms with Gasteiger partial charge in [0.25, 0.3) is 5.91 Å². The molecule has 37 heavy (non-hydrogen) atoms. The van der Waals surface area contributed by atoms with Crippen molar-refractivity contribution in [2.75, 3.05) is 7.11 Å². The van der Waals surface area contributed by atoms with Gasteiger partial charge < -0.3 is 14.8 Å². The summed E-state index contributed by atoms with van der Waals surface area (Å²) >= 11 is 0. The summed E-state index contributed by atoms with van der Waals surface area (Å²) in [4.78, 5) is 60.1. The Balaban J connectivity index is 1.38. The van der Waals surface area contributed by atoms with E-state index in [0.29, 0.717) is 28.4 Å². The van der Waals surface area contributed by atoms with E-state index in [1.807, 2.05) is 17.4 Å². The molecule has 0 saturated carbocycles. The zero-order chi connectivity index (χ0) is 26.5. The monoisotopic (exact) mass is 501 g/mol. The van der Waals surface area contributed by atoms with Crippen LogP contribution in [0.15, 0.2) is 66.7 Å². The van der Waals surface area contributed by atoms with Crippen molar-refractivity contribution >= 4 is 29.5 Å². The molecule has 3 aromatic rings. The first kappa shape index (κ1) is 25.1. The number of methoxy groups -OCH3 is 1. The molecule has 188 valence electrons. The van der Waals surface area contributed by atoms with Gasteiger partial charge in [-0.2, -0.15) is 0 Å². The molecule has 0 spiro atoms. The van der Waals surface area contributed by atoms with Crippen LogP contribution in [0.1, 0.15) is 38.8 Å². The zero-order valence-electron chi connectivity index (χ0n) is 20.1. The predicted octanol–water partition coefficient (Wildman–Crippen LogP) is 3.20. The van der Waals surface area contributed by atoms with Crippen molar-refractivity contribution in [3.63, 3.8) is 0 Å². The maximum atomic E-state index is 12.9. The number of Topliss-reactive ketones (excluding diaryl/α,β-unsaturated/α-hetero) is 1. The molecule has 0 aromatic heterocycles. The summed E-state index contributed by atoms with van der Waals surface area (Å²) in [5, 5.41) is 4.75. The Bertz CT molecular complexity index is 1380. The number of hydrogen-bond donors (Lipinski definition) is 2. The third-order valence-corrected chi connectivity index (χ3v) is 5.63. The number of carbonyl (C=O) groups is 5. The number of imide groups is 2. The van der Waals surface area contributed by atoms with Gasteiger partial charge in [0.1, 0.15) is 17.2 Å². The fraction of sp³-hybridized carbons (Fsp3) is 0.148. The van der Waals surface area contributed by atoms with Gasteiger partial charge in [-0.3, -0.25) is 29.4 Å². The van der Waals surface area contributed by atoms with Crippen LogP contribution < -0.4 is 20.1 Å². The molecule has 4 rings (SSSR count). The fourth-order valence-corrected chi connectivity index (χ4v) is 3.64. The number of nitrogens with one attached hydrogen (secondary N) is 2. The number of urea groups is 1. The number of ketones is 1. The van der Waals surface area contributed by atoms with Crippen molar-refractivity contribution in [2.45, 2.75) is 20.0 Å². The van der Waals surface area contributed by atoms with E-state index in [-0.39, 0.29) is 24.4 Å². The highest BCUT2D eigenvalue weighted by Crippen LogP contribution is 2.24. The molecular formula is C27H23N3O7. The summed E-state index contributed by atoms with van der Waals surface area (Å²) in [7, 11) is 1.42. The zero-order valence-corrected chi connectivity index (χ0v) is 20.1. The highest BCUT2D eigenvalue weighted by Gasteiger charge is 2.36. The molecule has 0 unspecified atom stereocenters. The lowest BCUT2D eigenvalue weighted by molar-refractivity contribution is -0.140. The molecule has 1 heterocycles. The topological polar surface area (TPSA) is 131 Å². The summed E-state index contributed by atoms with van der Waals surface area (Å²) in [6.07, 6.45) is 0. The first-order valence-corrected chi connectivity index (χ1v) is 11.2. The first-order chi connectivity index (χ1) is 17.7. The third kappa shape index (κ3) is 5.81. The number of nitrogens with zero attached hydrogens (tertiary/aromatic N) is 1. The Morgan fingerprint density at radius 2 is 1.51 bits per heavy atom. The Morgan fingerprint density at radius 3 is 2.08 bits per heavy atom. The van der Waals surface area contributed by atoms with Gasteiger partial charge >= 0.3 is 17.8 Å². The molecule has 0 atom stereocenters. The second kappa shape index (κ2) is 10.7. The van der Waals surface area contributed by atoms with E-state index in [2.05, 4.69) is 5.32 Å². The molecule has 3 aromatic carbocycles. The summed E-state index contributed by atoms with van der Waals surface area (Å²) in [6, 6.07) is 17.8. The SMILES string of the molecule is COc1ccc(CN2C(=O)NC(=O)C2=O)cc1C(=O)NCc1ccc(Oc2ccc(C(C)=O)cc2)cc1. The minimum Gasteiger partial charge on any atom is -0.496 e. The van der Waals surface area contributed by atoms with Gasteiger partial charge in [0.2, 0.25) is 0 Å². The van der Waals surface area contributed by atoms with Crippen LogP contribution in [0.4, 0.5) is 4.79 Å². The molecule has 0 bridgehead atoms. The number of benzene rings is 3. The average molecular weight is 501 g/mol. The van der Waals surface area contributed by atoms with Crippen LogP contribution in [0.2, 0.25) is 0 Å². The van der Waals surface area contributed by atoms with Crippen molar-refractivity contribution in [3.05, 3.63) is 89.0 Å². The molecule has 0 aliphatic carbocycles. The normalized spacial score (nSPS) is 12.8. The third-order valence-electron chi connectivity index (χ3n) is 5.63. The van der Waals surface area contributed by atoms with E-state index in [9.17, 15) is 24.0 Å². The fourth-order valence-electron chi connectivity index (χ4n) is 3.64. The van der Waals surface area contributed by atoms with Gasteiger partial charge in [0.05, 0.1) is 19.2 Å². The molecule has 1 saturated heterocycles. The summed E-state index contributed by atoms with van der Waals surface area (Å²) in [5.41, 5.74) is 2.11. The van der Waals surface area contributed by atoms with Crippen LogP contribution in [0.5, 0.6) is 17.2 Å². The second-order valence-electron chi connectivity index (χ2n) is 8.19. The van der Waals surface area contributed by atoms with Crippen molar-refractivity contribution in [2.24, 2.45) is 0 Å². The molecular weight excluding hydrogens is 478 g/mol. The molecule has 10 nitrogen and oxygen atoms in total. The van der Waals surface area contributed by atoms with Crippen LogP contribution in [0.3, 0.4) is 0 Å². The Hall–Kier alpha value is -4.99. The quantitative estimate of drug-likeness (QED) is 0.262. The van der Waals surface area contributed by atoms with Gasteiger partial charge in [0.15, 0.2) is 5.78 Å². The lowest BCUT2D eigenvalue weighted by Gasteiger charge is -2.14. The number of rotatable bonds is 9. The van der Waals surface area contributed by atoms with Crippen molar-refractivity contribution < 1.29 is 33.4 Å². The molecule has 1 fully saturated rings. The van der Waals surface area contributed by atoms with Crippen molar-refractivity contribution in [1.29, 1.82) is 0 Å². The first-order valence-electron chi connectivity index (χ1n) is 11.2. The van der Waals surface area contributed by atoms with Crippen LogP contribution in [0, 0.1) is 0 Å².